The predicted octanol–water partition coefficient (Wildman–Crippen LogP) is 4.51. The molecule has 2 aromatic rings. The number of benzene rings is 1. The van der Waals surface area contributed by atoms with E-state index in [-0.39, 0.29) is 10.7 Å². The van der Waals surface area contributed by atoms with Gasteiger partial charge in [-0.15, -0.1) is 11.3 Å². The van der Waals surface area contributed by atoms with Gasteiger partial charge >= 0.3 is 0 Å². The molecule has 1 aromatic heterocycles. The van der Waals surface area contributed by atoms with Gasteiger partial charge in [0.15, 0.2) is 0 Å². The molecule has 1 aliphatic rings. The van der Waals surface area contributed by atoms with E-state index in [0.717, 1.165) is 36.1 Å². The number of nitrogens with one attached hydrogen (secondary N) is 1. The van der Waals surface area contributed by atoms with Crippen molar-refractivity contribution >= 4 is 55.8 Å². The van der Waals surface area contributed by atoms with Crippen LogP contribution in [0.3, 0.4) is 0 Å². The Bertz CT molecular complexity index is 655. The van der Waals surface area contributed by atoms with Crippen molar-refractivity contribution in [3.05, 3.63) is 54.8 Å². The number of rotatable bonds is 2. The van der Waals surface area contributed by atoms with E-state index in [2.05, 4.69) is 67.4 Å². The lowest BCUT2D eigenvalue weighted by Gasteiger charge is -2.12. The normalized spacial score (nSPS) is 16.2. The average Bonchev–Trinajstić information content (AvgIpc) is 2.80. The van der Waals surface area contributed by atoms with Gasteiger partial charge in [-0.25, -0.2) is 0 Å². The molecular weight excluding hydrogens is 449 g/mol. The molecule has 20 heavy (non-hydrogen) atoms. The lowest BCUT2D eigenvalue weighted by atomic mass is 9.98. The quantitative estimate of drug-likeness (QED) is 0.517. The molecule has 0 radical (unpaired) electrons. The monoisotopic (exact) mass is 461 g/mol. The van der Waals surface area contributed by atoms with Crippen molar-refractivity contribution in [1.82, 2.24) is 5.32 Å². The van der Waals surface area contributed by atoms with Crippen molar-refractivity contribution < 1.29 is 4.79 Å². The molecule has 0 fully saturated rings. The fourth-order valence-electron chi connectivity index (χ4n) is 2.41. The molecular formula is C15H13BrINOS. The summed E-state index contributed by atoms with van der Waals surface area (Å²) in [4.78, 5) is 12.2. The molecule has 3 rings (SSSR count). The molecule has 1 atom stereocenters. The van der Waals surface area contributed by atoms with E-state index < -0.39 is 0 Å². The third kappa shape index (κ3) is 2.94. The number of carbonyl (C=O) groups excluding carboxylic acids is 1. The second-order valence-corrected chi connectivity index (χ2v) is 8.54. The summed E-state index contributed by atoms with van der Waals surface area (Å²) >= 11 is 7.81. The second-order valence-electron chi connectivity index (χ2n) is 4.82. The average molecular weight is 462 g/mol. The standard InChI is InChI=1S/C15H13BrINOS/c16-14(11-7-13(17)20-8-11)10-4-3-9-2-1-5-18-15(19)12(9)6-10/h3-4,6-8,14H,1-2,5H2,(H,18,19). The van der Waals surface area contributed by atoms with Gasteiger partial charge in [0.05, 0.1) is 7.71 Å². The summed E-state index contributed by atoms with van der Waals surface area (Å²) in [5.74, 6) is 0.0546. The molecule has 1 aliphatic heterocycles. The molecule has 1 amide bonds. The molecule has 1 aromatic carbocycles. The van der Waals surface area contributed by atoms with E-state index in [4.69, 9.17) is 0 Å². The largest absolute Gasteiger partial charge is 0.352 e. The van der Waals surface area contributed by atoms with E-state index in [1.165, 1.54) is 8.45 Å². The Balaban J connectivity index is 1.97. The highest BCUT2D eigenvalue weighted by molar-refractivity contribution is 14.1. The first-order valence-electron chi connectivity index (χ1n) is 6.44. The van der Waals surface area contributed by atoms with Gasteiger partial charge in [0.1, 0.15) is 0 Å². The van der Waals surface area contributed by atoms with Crippen molar-refractivity contribution in [2.24, 2.45) is 0 Å². The van der Waals surface area contributed by atoms with Gasteiger partial charge in [-0.1, -0.05) is 28.1 Å². The summed E-state index contributed by atoms with van der Waals surface area (Å²) in [5.41, 5.74) is 4.36. The topological polar surface area (TPSA) is 29.1 Å². The summed E-state index contributed by atoms with van der Waals surface area (Å²) < 4.78 is 1.27. The zero-order chi connectivity index (χ0) is 14.1. The van der Waals surface area contributed by atoms with Crippen LogP contribution in [0.4, 0.5) is 0 Å². The van der Waals surface area contributed by atoms with Gasteiger partial charge in [-0.05, 0) is 69.6 Å². The molecule has 2 heterocycles. The van der Waals surface area contributed by atoms with E-state index >= 15 is 0 Å². The van der Waals surface area contributed by atoms with Crippen molar-refractivity contribution in [1.29, 1.82) is 0 Å². The number of carbonyl (C=O) groups is 1. The second kappa shape index (κ2) is 6.15. The summed E-state index contributed by atoms with van der Waals surface area (Å²) in [6.45, 7) is 0.767. The van der Waals surface area contributed by atoms with Gasteiger partial charge in [0, 0.05) is 12.1 Å². The molecule has 2 nitrogen and oxygen atoms in total. The first-order valence-corrected chi connectivity index (χ1v) is 9.31. The van der Waals surface area contributed by atoms with Crippen LogP contribution in [0.25, 0.3) is 0 Å². The predicted molar refractivity (Wildman–Crippen MR) is 94.9 cm³/mol. The Morgan fingerprint density at radius 3 is 2.90 bits per heavy atom. The van der Waals surface area contributed by atoms with Crippen LogP contribution in [0.2, 0.25) is 0 Å². The highest BCUT2D eigenvalue weighted by Crippen LogP contribution is 2.35. The van der Waals surface area contributed by atoms with Crippen molar-refractivity contribution in [2.75, 3.05) is 6.54 Å². The van der Waals surface area contributed by atoms with Crippen LogP contribution >= 0.6 is 49.9 Å². The van der Waals surface area contributed by atoms with Gasteiger partial charge in [-0.3, -0.25) is 4.79 Å². The van der Waals surface area contributed by atoms with Crippen LogP contribution in [0, 0.1) is 2.88 Å². The summed E-state index contributed by atoms with van der Waals surface area (Å²) in [6, 6.07) is 8.43. The number of amides is 1. The molecule has 0 bridgehead atoms. The molecule has 104 valence electrons. The number of hydrogen-bond acceptors (Lipinski definition) is 2. The Kier molecular flexibility index (Phi) is 4.47. The Morgan fingerprint density at radius 1 is 1.30 bits per heavy atom. The minimum atomic E-state index is 0.0546. The first kappa shape index (κ1) is 14.5. The summed E-state index contributed by atoms with van der Waals surface area (Å²) in [5, 5.41) is 5.12. The molecule has 1 N–H and O–H groups in total. The number of hydrogen-bond donors (Lipinski definition) is 1. The van der Waals surface area contributed by atoms with Gasteiger partial charge in [0.25, 0.3) is 5.91 Å². The minimum Gasteiger partial charge on any atom is -0.352 e. The fraction of sp³-hybridized carbons (Fsp3) is 0.267. The van der Waals surface area contributed by atoms with E-state index in [1.807, 2.05) is 6.07 Å². The zero-order valence-electron chi connectivity index (χ0n) is 10.7. The molecule has 5 heteroatoms. The Morgan fingerprint density at radius 2 is 2.15 bits per heavy atom. The fourth-order valence-corrected chi connectivity index (χ4v) is 4.53. The van der Waals surface area contributed by atoms with Crippen molar-refractivity contribution in [3.63, 3.8) is 0 Å². The van der Waals surface area contributed by atoms with Crippen molar-refractivity contribution in [2.45, 2.75) is 17.7 Å². The number of thiophene rings is 1. The number of fused-ring (bicyclic) bond motifs is 1. The van der Waals surface area contributed by atoms with E-state index in [0.29, 0.717) is 0 Å². The third-order valence-electron chi connectivity index (χ3n) is 3.46. The molecule has 0 saturated heterocycles. The van der Waals surface area contributed by atoms with Gasteiger partial charge in [0.2, 0.25) is 0 Å². The maximum Gasteiger partial charge on any atom is 0.251 e. The molecule has 0 spiro atoms. The highest BCUT2D eigenvalue weighted by atomic mass is 127. The third-order valence-corrected chi connectivity index (χ3v) is 6.32. The maximum atomic E-state index is 12.1. The SMILES string of the molecule is O=C1NCCCc2ccc(C(Br)c3csc(I)c3)cc21. The lowest BCUT2D eigenvalue weighted by molar-refractivity contribution is 0.0956. The van der Waals surface area contributed by atoms with Gasteiger partial charge in [-0.2, -0.15) is 0 Å². The van der Waals surface area contributed by atoms with Gasteiger partial charge < -0.3 is 5.32 Å². The van der Waals surface area contributed by atoms with Crippen LogP contribution in [0.1, 0.15) is 38.3 Å². The first-order chi connectivity index (χ1) is 9.65. The van der Waals surface area contributed by atoms with E-state index in [9.17, 15) is 4.79 Å². The van der Waals surface area contributed by atoms with Crippen LogP contribution < -0.4 is 5.32 Å². The van der Waals surface area contributed by atoms with Crippen molar-refractivity contribution in [3.8, 4) is 0 Å². The Labute approximate surface area is 144 Å². The zero-order valence-corrected chi connectivity index (χ0v) is 15.2. The molecule has 0 aliphatic carbocycles. The van der Waals surface area contributed by atoms with E-state index in [1.54, 1.807) is 11.3 Å². The molecule has 1 unspecified atom stereocenters. The van der Waals surface area contributed by atoms with Crippen LogP contribution in [0.15, 0.2) is 29.6 Å². The van der Waals surface area contributed by atoms with Crippen LogP contribution in [0.5, 0.6) is 0 Å². The van der Waals surface area contributed by atoms with Crippen LogP contribution in [-0.4, -0.2) is 12.5 Å². The minimum absolute atomic E-state index is 0.0546. The molecule has 0 saturated carbocycles. The number of alkyl halides is 1. The maximum absolute atomic E-state index is 12.1. The lowest BCUT2D eigenvalue weighted by Crippen LogP contribution is -2.22. The smallest absolute Gasteiger partial charge is 0.251 e. The number of halogens is 2. The highest BCUT2D eigenvalue weighted by Gasteiger charge is 2.18. The number of aryl methyl sites for hydroxylation is 1. The summed E-state index contributed by atoms with van der Waals surface area (Å²) in [6.07, 6.45) is 1.98. The Hall–Kier alpha value is -0.400. The van der Waals surface area contributed by atoms with Crippen LogP contribution in [-0.2, 0) is 6.42 Å². The summed E-state index contributed by atoms with van der Waals surface area (Å²) in [7, 11) is 0.